The second kappa shape index (κ2) is 5.39. The van der Waals surface area contributed by atoms with Crippen LogP contribution in [0.5, 0.6) is 0 Å². The van der Waals surface area contributed by atoms with Crippen LogP contribution in [-0.2, 0) is 14.3 Å². The summed E-state index contributed by atoms with van der Waals surface area (Å²) >= 11 is 0. The van der Waals surface area contributed by atoms with E-state index < -0.39 is 29.5 Å². The predicted octanol–water partition coefficient (Wildman–Crippen LogP) is 1.14. The Balaban J connectivity index is 2.43. The zero-order valence-electron chi connectivity index (χ0n) is 12.7. The number of allylic oxidation sites excluding steroid dienone is 1. The molecule has 0 heterocycles. The van der Waals surface area contributed by atoms with Crippen molar-refractivity contribution in [1.82, 2.24) is 0 Å². The van der Waals surface area contributed by atoms with E-state index in [4.69, 9.17) is 0 Å². The second-order valence-electron chi connectivity index (χ2n) is 6.21. The molecular formula is C16H22O5. The number of esters is 1. The number of Topliss-reactive ketones (excluding diaryl/α,β-unsaturated/α-hetero) is 1. The number of ether oxygens (including phenoxy) is 1. The number of hydrogen-bond acceptors (Lipinski definition) is 5. The highest BCUT2D eigenvalue weighted by Crippen LogP contribution is 2.51. The normalized spacial score (nSPS) is 36.2. The molecule has 0 saturated heterocycles. The molecule has 0 radical (unpaired) electrons. The fraction of sp³-hybridized carbons (Fsp3) is 0.625. The van der Waals surface area contributed by atoms with E-state index in [2.05, 4.69) is 11.3 Å². The summed E-state index contributed by atoms with van der Waals surface area (Å²) in [5.41, 5.74) is 0.634. The van der Waals surface area contributed by atoms with Crippen LogP contribution in [0.1, 0.15) is 33.1 Å². The highest BCUT2D eigenvalue weighted by atomic mass is 16.5. The van der Waals surface area contributed by atoms with Gasteiger partial charge in [-0.15, -0.1) is 0 Å². The van der Waals surface area contributed by atoms with E-state index in [1.54, 1.807) is 6.92 Å². The van der Waals surface area contributed by atoms with Crippen LogP contribution < -0.4 is 0 Å². The smallest absolute Gasteiger partial charge is 0.333 e. The van der Waals surface area contributed by atoms with Gasteiger partial charge in [0.15, 0.2) is 5.78 Å². The van der Waals surface area contributed by atoms with Gasteiger partial charge in [0.1, 0.15) is 0 Å². The van der Waals surface area contributed by atoms with Gasteiger partial charge in [-0.1, -0.05) is 13.5 Å². The number of aliphatic hydroxyl groups is 2. The lowest BCUT2D eigenvalue weighted by Crippen LogP contribution is -2.50. The number of carbonyl (C=O) groups is 2. The van der Waals surface area contributed by atoms with Crippen molar-refractivity contribution >= 4 is 11.8 Å². The van der Waals surface area contributed by atoms with Crippen molar-refractivity contribution in [3.8, 4) is 0 Å². The van der Waals surface area contributed by atoms with E-state index in [0.717, 1.165) is 0 Å². The van der Waals surface area contributed by atoms with Crippen LogP contribution in [0, 0.1) is 11.3 Å². The first-order valence-electron chi connectivity index (χ1n) is 7.11. The monoisotopic (exact) mass is 294 g/mol. The molecular weight excluding hydrogens is 272 g/mol. The maximum Gasteiger partial charge on any atom is 0.333 e. The summed E-state index contributed by atoms with van der Waals surface area (Å²) in [6, 6.07) is 0. The molecule has 1 fully saturated rings. The molecule has 2 rings (SSSR count). The average Bonchev–Trinajstić information content (AvgIpc) is 2.44. The Morgan fingerprint density at radius 2 is 2.05 bits per heavy atom. The van der Waals surface area contributed by atoms with Crippen LogP contribution in [0.25, 0.3) is 0 Å². The van der Waals surface area contributed by atoms with Gasteiger partial charge in [0.05, 0.1) is 19.3 Å². The zero-order valence-corrected chi connectivity index (χ0v) is 12.7. The van der Waals surface area contributed by atoms with E-state index in [1.807, 2.05) is 6.92 Å². The molecule has 0 amide bonds. The van der Waals surface area contributed by atoms with Crippen molar-refractivity contribution in [1.29, 1.82) is 0 Å². The molecule has 2 aliphatic rings. The van der Waals surface area contributed by atoms with Crippen LogP contribution in [-0.4, -0.2) is 41.3 Å². The number of carbonyl (C=O) groups excluding carboxylic acids is 2. The molecule has 0 aromatic carbocycles. The van der Waals surface area contributed by atoms with Crippen molar-refractivity contribution in [3.63, 3.8) is 0 Å². The first kappa shape index (κ1) is 15.9. The van der Waals surface area contributed by atoms with E-state index in [0.29, 0.717) is 24.0 Å². The summed E-state index contributed by atoms with van der Waals surface area (Å²) in [5.74, 6) is -1.18. The highest BCUT2D eigenvalue weighted by molar-refractivity contribution is 5.97. The summed E-state index contributed by atoms with van der Waals surface area (Å²) in [4.78, 5) is 23.6. The van der Waals surface area contributed by atoms with Gasteiger partial charge >= 0.3 is 5.97 Å². The van der Waals surface area contributed by atoms with E-state index >= 15 is 0 Å². The summed E-state index contributed by atoms with van der Waals surface area (Å²) in [6.07, 6.45) is -0.597. The van der Waals surface area contributed by atoms with Crippen LogP contribution in [0.2, 0.25) is 0 Å². The van der Waals surface area contributed by atoms with Crippen LogP contribution in [0.15, 0.2) is 23.3 Å². The standard InChI is InChI=1S/C16H22O5/c1-8(15(20)21-4)10-5-6-16(3)12(18)7-11(17)9(2)13(16)14(10)19/h10,12,14,18-19H,1,5-7H2,2-4H3/t10-,12+,14-,16-/m0/s1. The molecule has 0 aromatic rings. The Labute approximate surface area is 124 Å². The van der Waals surface area contributed by atoms with E-state index in [9.17, 15) is 19.8 Å². The number of aliphatic hydroxyl groups excluding tert-OH is 2. The molecule has 116 valence electrons. The number of fused-ring (bicyclic) bond motifs is 1. The highest BCUT2D eigenvalue weighted by Gasteiger charge is 2.51. The summed E-state index contributed by atoms with van der Waals surface area (Å²) in [6.45, 7) is 7.26. The number of rotatable bonds is 2. The maximum absolute atomic E-state index is 12.0. The molecule has 21 heavy (non-hydrogen) atoms. The molecule has 2 aliphatic carbocycles. The first-order chi connectivity index (χ1) is 9.74. The Morgan fingerprint density at radius 1 is 1.43 bits per heavy atom. The van der Waals surface area contributed by atoms with Crippen LogP contribution >= 0.6 is 0 Å². The van der Waals surface area contributed by atoms with Gasteiger partial charge in [0.25, 0.3) is 0 Å². The second-order valence-corrected chi connectivity index (χ2v) is 6.21. The molecule has 0 aromatic heterocycles. The Morgan fingerprint density at radius 3 is 2.62 bits per heavy atom. The van der Waals surface area contributed by atoms with Crippen molar-refractivity contribution < 1.29 is 24.5 Å². The largest absolute Gasteiger partial charge is 0.466 e. The average molecular weight is 294 g/mol. The van der Waals surface area contributed by atoms with Gasteiger partial charge in [-0.3, -0.25) is 4.79 Å². The van der Waals surface area contributed by atoms with Crippen molar-refractivity contribution in [2.24, 2.45) is 11.3 Å². The van der Waals surface area contributed by atoms with Crippen LogP contribution in [0.4, 0.5) is 0 Å². The topological polar surface area (TPSA) is 83.8 Å². The van der Waals surface area contributed by atoms with Gasteiger partial charge in [-0.05, 0) is 30.9 Å². The molecule has 4 atom stereocenters. The van der Waals surface area contributed by atoms with Crippen molar-refractivity contribution in [2.75, 3.05) is 7.11 Å². The number of ketones is 1. The van der Waals surface area contributed by atoms with E-state index in [1.165, 1.54) is 7.11 Å². The Hall–Kier alpha value is -1.46. The molecule has 0 spiro atoms. The minimum absolute atomic E-state index is 0.0845. The van der Waals surface area contributed by atoms with E-state index in [-0.39, 0.29) is 17.8 Å². The van der Waals surface area contributed by atoms with Gasteiger partial charge in [0, 0.05) is 23.3 Å². The minimum Gasteiger partial charge on any atom is -0.466 e. The third-order valence-corrected chi connectivity index (χ3v) is 5.10. The third-order valence-electron chi connectivity index (χ3n) is 5.10. The van der Waals surface area contributed by atoms with Crippen molar-refractivity contribution in [3.05, 3.63) is 23.3 Å². The molecule has 0 unspecified atom stereocenters. The Bertz CT molecular complexity index is 533. The molecule has 0 aliphatic heterocycles. The minimum atomic E-state index is -0.991. The lowest BCUT2D eigenvalue weighted by Gasteiger charge is -2.49. The molecule has 5 nitrogen and oxygen atoms in total. The van der Waals surface area contributed by atoms with Gasteiger partial charge in [-0.2, -0.15) is 0 Å². The lowest BCUT2D eigenvalue weighted by atomic mass is 9.58. The maximum atomic E-state index is 12.0. The van der Waals surface area contributed by atoms with Crippen molar-refractivity contribution in [2.45, 2.75) is 45.3 Å². The quantitative estimate of drug-likeness (QED) is 0.589. The fourth-order valence-electron chi connectivity index (χ4n) is 3.63. The SMILES string of the molecule is C=C(C(=O)OC)[C@@H]1CC[C@]2(C)C(=C(C)C(=O)C[C@H]2O)[C@H]1O. The molecule has 2 N–H and O–H groups in total. The first-order valence-corrected chi connectivity index (χ1v) is 7.11. The Kier molecular flexibility index (Phi) is 4.08. The van der Waals surface area contributed by atoms with Crippen LogP contribution in [0.3, 0.4) is 0 Å². The molecule has 5 heteroatoms. The fourth-order valence-corrected chi connectivity index (χ4v) is 3.63. The summed E-state index contributed by atoms with van der Waals surface area (Å²) < 4.78 is 4.66. The van der Waals surface area contributed by atoms with Gasteiger partial charge < -0.3 is 14.9 Å². The lowest BCUT2D eigenvalue weighted by molar-refractivity contribution is -0.137. The summed E-state index contributed by atoms with van der Waals surface area (Å²) in [7, 11) is 1.27. The zero-order chi connectivity index (χ0) is 15.9. The molecule has 1 saturated carbocycles. The van der Waals surface area contributed by atoms with Gasteiger partial charge in [-0.25, -0.2) is 4.79 Å². The third kappa shape index (κ3) is 2.34. The summed E-state index contributed by atoms with van der Waals surface area (Å²) in [5, 5.41) is 20.9. The number of hydrogen-bond donors (Lipinski definition) is 2. The number of methoxy groups -OCH3 is 1. The van der Waals surface area contributed by atoms with Gasteiger partial charge in [0.2, 0.25) is 0 Å². The predicted molar refractivity (Wildman–Crippen MR) is 76.3 cm³/mol. The molecule has 0 bridgehead atoms.